The van der Waals surface area contributed by atoms with Crippen LogP contribution in [0.25, 0.3) is 0 Å². The van der Waals surface area contributed by atoms with Crippen LogP contribution in [0, 0.1) is 13.8 Å². The topological polar surface area (TPSA) is 93.0 Å². The number of morpholine rings is 1. The molecule has 122 valence electrons. The van der Waals surface area contributed by atoms with Crippen molar-refractivity contribution in [2.24, 2.45) is 0 Å². The maximum absolute atomic E-state index is 12.7. The molecule has 0 bridgehead atoms. The van der Waals surface area contributed by atoms with E-state index in [1.54, 1.807) is 18.7 Å². The van der Waals surface area contributed by atoms with Crippen molar-refractivity contribution in [2.75, 3.05) is 32.5 Å². The van der Waals surface area contributed by atoms with E-state index in [0.717, 1.165) is 0 Å². The van der Waals surface area contributed by atoms with Gasteiger partial charge in [-0.25, -0.2) is 8.42 Å². The number of amides is 1. The first-order valence-corrected chi connectivity index (χ1v) is 8.94. The van der Waals surface area contributed by atoms with Crippen LogP contribution in [0.15, 0.2) is 4.52 Å². The molecule has 2 aliphatic rings. The number of likely N-dealkylation sites (tertiary alicyclic amines) is 1. The van der Waals surface area contributed by atoms with Crippen LogP contribution in [-0.2, 0) is 14.8 Å². The summed E-state index contributed by atoms with van der Waals surface area (Å²) >= 11 is 0. The minimum absolute atomic E-state index is 0.192. The molecule has 3 heterocycles. The van der Waals surface area contributed by atoms with Crippen molar-refractivity contribution >= 4 is 15.9 Å². The Morgan fingerprint density at radius 1 is 1.32 bits per heavy atom. The third kappa shape index (κ3) is 2.53. The Hall–Kier alpha value is -1.45. The highest BCUT2D eigenvalue weighted by atomic mass is 32.2. The number of hydrogen-bond acceptors (Lipinski definition) is 6. The zero-order valence-corrected chi connectivity index (χ0v) is 13.6. The molecule has 1 aromatic heterocycles. The molecule has 2 unspecified atom stereocenters. The lowest BCUT2D eigenvalue weighted by Crippen LogP contribution is -2.52. The molecule has 0 saturated carbocycles. The van der Waals surface area contributed by atoms with E-state index in [-0.39, 0.29) is 18.1 Å². The van der Waals surface area contributed by atoms with Gasteiger partial charge in [0.2, 0.25) is 10.0 Å². The van der Waals surface area contributed by atoms with E-state index < -0.39 is 10.0 Å². The fraction of sp³-hybridized carbons (Fsp3) is 0.692. The average molecular weight is 329 g/mol. The summed E-state index contributed by atoms with van der Waals surface area (Å²) in [4.78, 5) is 14.3. The van der Waals surface area contributed by atoms with Gasteiger partial charge in [-0.1, -0.05) is 5.16 Å². The van der Waals surface area contributed by atoms with E-state index >= 15 is 0 Å². The van der Waals surface area contributed by atoms with Crippen LogP contribution in [0.2, 0.25) is 0 Å². The fourth-order valence-corrected chi connectivity index (χ4v) is 4.28. The molecule has 0 N–H and O–H groups in total. The molecule has 2 saturated heterocycles. The van der Waals surface area contributed by atoms with Crippen molar-refractivity contribution in [1.82, 2.24) is 14.4 Å². The van der Waals surface area contributed by atoms with Crippen LogP contribution in [0.4, 0.5) is 0 Å². The molecular weight excluding hydrogens is 310 g/mol. The maximum atomic E-state index is 12.7. The Morgan fingerprint density at radius 3 is 2.64 bits per heavy atom. The van der Waals surface area contributed by atoms with Crippen molar-refractivity contribution in [3.05, 3.63) is 17.0 Å². The van der Waals surface area contributed by atoms with Gasteiger partial charge in [-0.3, -0.25) is 4.79 Å². The third-order valence-corrected chi connectivity index (χ3v) is 5.52. The first-order valence-electron chi connectivity index (χ1n) is 7.09. The molecule has 9 heteroatoms. The van der Waals surface area contributed by atoms with Gasteiger partial charge in [-0.2, -0.15) is 4.31 Å². The molecule has 0 aliphatic carbocycles. The van der Waals surface area contributed by atoms with Crippen LogP contribution < -0.4 is 0 Å². The number of hydrogen-bond donors (Lipinski definition) is 0. The summed E-state index contributed by atoms with van der Waals surface area (Å²) in [5.41, 5.74) is 0.989. The SMILES string of the molecule is Cc1noc(C)c1C(=O)N1CC2OCCN(S(C)(=O)=O)C2C1. The number of carbonyl (C=O) groups excluding carboxylic acids is 1. The summed E-state index contributed by atoms with van der Waals surface area (Å²) < 4.78 is 35.9. The molecular formula is C13H19N3O5S. The second-order valence-corrected chi connectivity index (χ2v) is 7.69. The van der Waals surface area contributed by atoms with E-state index in [4.69, 9.17) is 9.26 Å². The van der Waals surface area contributed by atoms with Crippen LogP contribution in [0.3, 0.4) is 0 Å². The van der Waals surface area contributed by atoms with E-state index in [1.165, 1.54) is 10.6 Å². The normalized spacial score (nSPS) is 26.2. The molecule has 0 aromatic carbocycles. The highest BCUT2D eigenvalue weighted by Crippen LogP contribution is 2.27. The second-order valence-electron chi connectivity index (χ2n) is 5.76. The largest absolute Gasteiger partial charge is 0.373 e. The first-order chi connectivity index (χ1) is 10.3. The van der Waals surface area contributed by atoms with Gasteiger partial charge in [-0.05, 0) is 13.8 Å². The smallest absolute Gasteiger partial charge is 0.259 e. The molecule has 1 amide bonds. The Morgan fingerprint density at radius 2 is 2.05 bits per heavy atom. The standard InChI is InChI=1S/C13H19N3O5S/c1-8-12(9(2)21-14-8)13(17)15-6-10-11(7-15)20-5-4-16(10)22(3,18)19/h10-11H,4-7H2,1-3H3. The van der Waals surface area contributed by atoms with Gasteiger partial charge in [-0.15, -0.1) is 0 Å². The predicted molar refractivity (Wildman–Crippen MR) is 77.0 cm³/mol. The van der Waals surface area contributed by atoms with Gasteiger partial charge in [0, 0.05) is 19.6 Å². The number of sulfonamides is 1. The molecule has 0 radical (unpaired) electrons. The van der Waals surface area contributed by atoms with Crippen molar-refractivity contribution < 1.29 is 22.5 Å². The first kappa shape index (κ1) is 15.4. The number of nitrogens with zero attached hydrogens (tertiary/aromatic N) is 3. The van der Waals surface area contributed by atoms with Gasteiger partial charge >= 0.3 is 0 Å². The molecule has 22 heavy (non-hydrogen) atoms. The minimum Gasteiger partial charge on any atom is -0.373 e. The zero-order valence-electron chi connectivity index (χ0n) is 12.8. The lowest BCUT2D eigenvalue weighted by molar-refractivity contribution is -0.0157. The van der Waals surface area contributed by atoms with Crippen molar-refractivity contribution in [2.45, 2.75) is 26.0 Å². The Balaban J connectivity index is 1.83. The van der Waals surface area contributed by atoms with Crippen molar-refractivity contribution in [3.63, 3.8) is 0 Å². The van der Waals surface area contributed by atoms with E-state index in [0.29, 0.717) is 43.3 Å². The predicted octanol–water partition coefficient (Wildman–Crippen LogP) is -0.224. The molecule has 3 rings (SSSR count). The van der Waals surface area contributed by atoms with Crippen LogP contribution >= 0.6 is 0 Å². The number of carbonyl (C=O) groups is 1. The summed E-state index contributed by atoms with van der Waals surface area (Å²) in [5.74, 6) is 0.279. The monoisotopic (exact) mass is 329 g/mol. The molecule has 2 atom stereocenters. The molecule has 2 aliphatic heterocycles. The van der Waals surface area contributed by atoms with Gasteiger partial charge in [0.25, 0.3) is 5.91 Å². The summed E-state index contributed by atoms with van der Waals surface area (Å²) in [5, 5.41) is 3.79. The maximum Gasteiger partial charge on any atom is 0.259 e. The molecule has 2 fully saturated rings. The summed E-state index contributed by atoms with van der Waals surface area (Å²) in [6, 6.07) is -0.326. The summed E-state index contributed by atoms with van der Waals surface area (Å²) in [6.45, 7) is 4.77. The zero-order chi connectivity index (χ0) is 16.1. The summed E-state index contributed by atoms with van der Waals surface area (Å²) in [6.07, 6.45) is 0.904. The fourth-order valence-electron chi connectivity index (χ4n) is 3.18. The van der Waals surface area contributed by atoms with E-state index in [1.807, 2.05) is 0 Å². The van der Waals surface area contributed by atoms with Crippen LogP contribution in [0.1, 0.15) is 21.8 Å². The van der Waals surface area contributed by atoms with Crippen LogP contribution in [0.5, 0.6) is 0 Å². The van der Waals surface area contributed by atoms with Gasteiger partial charge in [0.15, 0.2) is 0 Å². The molecule has 1 aromatic rings. The number of aromatic nitrogens is 1. The van der Waals surface area contributed by atoms with Crippen molar-refractivity contribution in [1.29, 1.82) is 0 Å². The van der Waals surface area contributed by atoms with E-state index in [2.05, 4.69) is 5.16 Å². The lowest BCUT2D eigenvalue weighted by atomic mass is 10.2. The summed E-state index contributed by atoms with van der Waals surface area (Å²) in [7, 11) is -3.31. The van der Waals surface area contributed by atoms with Gasteiger partial charge in [0.05, 0.1) is 30.7 Å². The van der Waals surface area contributed by atoms with Crippen LogP contribution in [-0.4, -0.2) is 73.3 Å². The average Bonchev–Trinajstić information content (AvgIpc) is 3.00. The van der Waals surface area contributed by atoms with Gasteiger partial charge in [0.1, 0.15) is 11.3 Å². The highest BCUT2D eigenvalue weighted by molar-refractivity contribution is 7.88. The highest BCUT2D eigenvalue weighted by Gasteiger charge is 2.45. The Bertz CT molecular complexity index is 679. The van der Waals surface area contributed by atoms with Crippen molar-refractivity contribution in [3.8, 4) is 0 Å². The minimum atomic E-state index is -3.31. The molecule has 8 nitrogen and oxygen atoms in total. The molecule has 0 spiro atoms. The second kappa shape index (κ2) is 5.32. The number of rotatable bonds is 2. The number of ether oxygens (including phenoxy) is 1. The lowest BCUT2D eigenvalue weighted by Gasteiger charge is -2.34. The quantitative estimate of drug-likeness (QED) is 0.744. The van der Waals surface area contributed by atoms with E-state index in [9.17, 15) is 13.2 Å². The Labute approximate surface area is 129 Å². The number of fused-ring (bicyclic) bond motifs is 1. The Kier molecular flexibility index (Phi) is 3.74. The third-order valence-electron chi connectivity index (χ3n) is 4.21. The van der Waals surface area contributed by atoms with Gasteiger partial charge < -0.3 is 14.2 Å². The number of aryl methyl sites for hydroxylation is 2.